The highest BCUT2D eigenvalue weighted by molar-refractivity contribution is 6.08. The van der Waals surface area contributed by atoms with Gasteiger partial charge in [0, 0.05) is 29.9 Å². The van der Waals surface area contributed by atoms with E-state index in [0.717, 1.165) is 35.2 Å². The van der Waals surface area contributed by atoms with Crippen LogP contribution < -0.4 is 16.4 Å². The summed E-state index contributed by atoms with van der Waals surface area (Å²) in [5, 5.41) is 6.94. The van der Waals surface area contributed by atoms with Gasteiger partial charge in [-0.15, -0.1) is 0 Å². The van der Waals surface area contributed by atoms with Crippen LogP contribution in [0.15, 0.2) is 84.1 Å². The van der Waals surface area contributed by atoms with Gasteiger partial charge in [0.15, 0.2) is 5.96 Å². The van der Waals surface area contributed by atoms with Gasteiger partial charge in [-0.1, -0.05) is 42.5 Å². The van der Waals surface area contributed by atoms with Crippen molar-refractivity contribution in [1.82, 2.24) is 15.3 Å². The number of nitrogens with zero attached hydrogens (tertiary/aromatic N) is 2. The molecule has 0 spiro atoms. The third-order valence-corrected chi connectivity index (χ3v) is 4.92. The molecule has 0 aliphatic rings. The topological polar surface area (TPSA) is 108 Å². The van der Waals surface area contributed by atoms with Gasteiger partial charge in [0.25, 0.3) is 5.91 Å². The van der Waals surface area contributed by atoms with E-state index in [1.54, 1.807) is 30.6 Å². The molecule has 0 fully saturated rings. The van der Waals surface area contributed by atoms with Crippen LogP contribution in [0.4, 0.5) is 5.69 Å². The SMILES string of the molecule is NC(=NCc1ccc(C(=O)Nc2ccnc3[nH]ccc23)cc1)NCCc1ccccc1. The molecule has 0 unspecified atom stereocenters. The fourth-order valence-corrected chi connectivity index (χ4v) is 3.24. The first-order valence-corrected chi connectivity index (χ1v) is 10.1. The van der Waals surface area contributed by atoms with Gasteiger partial charge in [0.2, 0.25) is 0 Å². The van der Waals surface area contributed by atoms with E-state index in [0.29, 0.717) is 18.1 Å². The zero-order chi connectivity index (χ0) is 21.5. The minimum absolute atomic E-state index is 0.175. The lowest BCUT2D eigenvalue weighted by Crippen LogP contribution is -2.33. The molecule has 0 saturated carbocycles. The molecule has 7 heteroatoms. The van der Waals surface area contributed by atoms with E-state index in [-0.39, 0.29) is 5.91 Å². The quantitative estimate of drug-likeness (QED) is 0.275. The van der Waals surface area contributed by atoms with Crippen LogP contribution in [0, 0.1) is 0 Å². The number of nitrogens with one attached hydrogen (secondary N) is 3. The Morgan fingerprint density at radius 2 is 1.81 bits per heavy atom. The number of nitrogens with two attached hydrogens (primary N) is 1. The van der Waals surface area contributed by atoms with Gasteiger partial charge in [0.05, 0.1) is 12.2 Å². The van der Waals surface area contributed by atoms with E-state index in [9.17, 15) is 4.79 Å². The average Bonchev–Trinajstić information content (AvgIpc) is 3.29. The molecular weight excluding hydrogens is 388 g/mol. The molecule has 2 heterocycles. The summed E-state index contributed by atoms with van der Waals surface area (Å²) in [4.78, 5) is 24.2. The lowest BCUT2D eigenvalue weighted by Gasteiger charge is -2.08. The Hall–Kier alpha value is -4.13. The Balaban J connectivity index is 1.30. The molecule has 0 atom stereocenters. The van der Waals surface area contributed by atoms with Gasteiger partial charge in [-0.2, -0.15) is 0 Å². The molecule has 1 amide bonds. The molecule has 0 radical (unpaired) electrons. The molecule has 2 aromatic carbocycles. The van der Waals surface area contributed by atoms with Crippen LogP contribution in [0.3, 0.4) is 0 Å². The van der Waals surface area contributed by atoms with E-state index in [2.05, 4.69) is 37.7 Å². The van der Waals surface area contributed by atoms with Crippen LogP contribution in [0.2, 0.25) is 0 Å². The Morgan fingerprint density at radius 3 is 2.61 bits per heavy atom. The van der Waals surface area contributed by atoms with Crippen LogP contribution >= 0.6 is 0 Å². The number of amides is 1. The van der Waals surface area contributed by atoms with Crippen molar-refractivity contribution in [2.24, 2.45) is 10.7 Å². The largest absolute Gasteiger partial charge is 0.370 e. The Labute approximate surface area is 180 Å². The van der Waals surface area contributed by atoms with E-state index in [1.165, 1.54) is 5.56 Å². The first-order valence-electron chi connectivity index (χ1n) is 10.1. The Morgan fingerprint density at radius 1 is 1.00 bits per heavy atom. The van der Waals surface area contributed by atoms with Crippen molar-refractivity contribution in [3.8, 4) is 0 Å². The summed E-state index contributed by atoms with van der Waals surface area (Å²) < 4.78 is 0. The molecule has 2 aromatic heterocycles. The summed E-state index contributed by atoms with van der Waals surface area (Å²) in [6, 6.07) is 21.2. The maximum atomic E-state index is 12.6. The summed E-state index contributed by atoms with van der Waals surface area (Å²) in [6.45, 7) is 1.17. The fraction of sp³-hybridized carbons (Fsp3) is 0.125. The highest BCUT2D eigenvalue weighted by Gasteiger charge is 2.09. The van der Waals surface area contributed by atoms with Crippen LogP contribution in [-0.2, 0) is 13.0 Å². The molecular formula is C24H24N6O. The third-order valence-electron chi connectivity index (χ3n) is 4.92. The minimum Gasteiger partial charge on any atom is -0.370 e. The number of rotatable bonds is 7. The smallest absolute Gasteiger partial charge is 0.255 e. The third kappa shape index (κ3) is 5.27. The molecule has 0 aliphatic heterocycles. The number of benzene rings is 2. The number of hydrogen-bond donors (Lipinski definition) is 4. The lowest BCUT2D eigenvalue weighted by atomic mass is 10.1. The number of aromatic amines is 1. The number of aliphatic imine (C=N–C) groups is 1. The van der Waals surface area contributed by atoms with E-state index in [4.69, 9.17) is 5.73 Å². The normalized spacial score (nSPS) is 11.4. The number of guanidine groups is 1. The maximum Gasteiger partial charge on any atom is 0.255 e. The summed E-state index contributed by atoms with van der Waals surface area (Å²) in [7, 11) is 0. The molecule has 0 bridgehead atoms. The predicted octanol–water partition coefficient (Wildman–Crippen LogP) is 3.46. The van der Waals surface area contributed by atoms with Crippen molar-refractivity contribution < 1.29 is 4.79 Å². The molecule has 156 valence electrons. The Kier molecular flexibility index (Phi) is 6.23. The molecule has 4 aromatic rings. The number of hydrogen-bond acceptors (Lipinski definition) is 3. The number of aromatic nitrogens is 2. The predicted molar refractivity (Wildman–Crippen MR) is 124 cm³/mol. The number of pyridine rings is 1. The average molecular weight is 412 g/mol. The van der Waals surface area contributed by atoms with Crippen molar-refractivity contribution in [3.05, 3.63) is 95.8 Å². The molecule has 0 saturated heterocycles. The van der Waals surface area contributed by atoms with E-state index >= 15 is 0 Å². The van der Waals surface area contributed by atoms with Crippen molar-refractivity contribution in [1.29, 1.82) is 0 Å². The summed E-state index contributed by atoms with van der Waals surface area (Å²) in [5.74, 6) is 0.233. The van der Waals surface area contributed by atoms with Gasteiger partial charge in [-0.05, 0) is 41.8 Å². The lowest BCUT2D eigenvalue weighted by molar-refractivity contribution is 0.102. The molecule has 7 nitrogen and oxygen atoms in total. The Bertz CT molecular complexity index is 1180. The highest BCUT2D eigenvalue weighted by atomic mass is 16.1. The number of fused-ring (bicyclic) bond motifs is 1. The number of anilines is 1. The molecule has 5 N–H and O–H groups in total. The van der Waals surface area contributed by atoms with Gasteiger partial charge < -0.3 is 21.4 Å². The van der Waals surface area contributed by atoms with Crippen molar-refractivity contribution >= 4 is 28.6 Å². The maximum absolute atomic E-state index is 12.6. The summed E-state index contributed by atoms with van der Waals surface area (Å²) in [5.41, 5.74) is 10.2. The monoisotopic (exact) mass is 412 g/mol. The van der Waals surface area contributed by atoms with E-state index < -0.39 is 0 Å². The zero-order valence-electron chi connectivity index (χ0n) is 17.0. The number of carbonyl (C=O) groups is 1. The van der Waals surface area contributed by atoms with Crippen molar-refractivity contribution in [3.63, 3.8) is 0 Å². The second-order valence-corrected chi connectivity index (χ2v) is 7.11. The van der Waals surface area contributed by atoms with Gasteiger partial charge >= 0.3 is 0 Å². The van der Waals surface area contributed by atoms with Crippen LogP contribution in [0.5, 0.6) is 0 Å². The van der Waals surface area contributed by atoms with Crippen LogP contribution in [0.25, 0.3) is 11.0 Å². The van der Waals surface area contributed by atoms with Crippen LogP contribution in [0.1, 0.15) is 21.5 Å². The number of carbonyl (C=O) groups excluding carboxylic acids is 1. The van der Waals surface area contributed by atoms with Gasteiger partial charge in [-0.3, -0.25) is 4.79 Å². The van der Waals surface area contributed by atoms with Crippen molar-refractivity contribution in [2.75, 3.05) is 11.9 Å². The number of H-pyrrole nitrogens is 1. The first-order chi connectivity index (χ1) is 15.2. The standard InChI is InChI=1S/C24H24N6O/c25-24(28-13-10-17-4-2-1-3-5-17)29-16-18-6-8-19(9-7-18)23(31)30-21-12-15-27-22-20(21)11-14-26-22/h1-9,11-12,14-15H,10,13,16H2,(H3,25,28,29)(H2,26,27,30,31). The van der Waals surface area contributed by atoms with Crippen molar-refractivity contribution in [2.45, 2.75) is 13.0 Å². The first kappa shape index (κ1) is 20.2. The van der Waals surface area contributed by atoms with Crippen LogP contribution in [-0.4, -0.2) is 28.4 Å². The second kappa shape index (κ2) is 9.58. The molecule has 0 aliphatic carbocycles. The molecule has 4 rings (SSSR count). The summed E-state index contributed by atoms with van der Waals surface area (Å²) in [6.07, 6.45) is 4.34. The van der Waals surface area contributed by atoms with Gasteiger partial charge in [0.1, 0.15) is 5.65 Å². The van der Waals surface area contributed by atoms with Gasteiger partial charge in [-0.25, -0.2) is 9.98 Å². The molecule has 31 heavy (non-hydrogen) atoms. The van der Waals surface area contributed by atoms with E-state index in [1.807, 2.05) is 36.4 Å². The summed E-state index contributed by atoms with van der Waals surface area (Å²) >= 11 is 0. The second-order valence-electron chi connectivity index (χ2n) is 7.11. The highest BCUT2D eigenvalue weighted by Crippen LogP contribution is 2.21. The zero-order valence-corrected chi connectivity index (χ0v) is 17.0. The fourth-order valence-electron chi connectivity index (χ4n) is 3.24. The minimum atomic E-state index is -0.175.